The lowest BCUT2D eigenvalue weighted by Crippen LogP contribution is -2.26. The molecule has 5 nitrogen and oxygen atoms in total. The third-order valence-corrected chi connectivity index (χ3v) is 2.54. The molecule has 0 bridgehead atoms. The summed E-state index contributed by atoms with van der Waals surface area (Å²) in [6, 6.07) is 2.64. The second-order valence-corrected chi connectivity index (χ2v) is 3.92. The second kappa shape index (κ2) is 5.00. The molecule has 1 aromatic carbocycles. The van der Waals surface area contributed by atoms with E-state index in [1.165, 1.54) is 0 Å². The van der Waals surface area contributed by atoms with Crippen LogP contribution in [0.25, 0.3) is 0 Å². The van der Waals surface area contributed by atoms with Crippen molar-refractivity contribution < 1.29 is 31.7 Å². The molecule has 0 aliphatic rings. The topological polar surface area (TPSA) is 73.3 Å². The van der Waals surface area contributed by atoms with Crippen molar-refractivity contribution in [3.8, 4) is 0 Å². The molecule has 0 N–H and O–H groups in total. The van der Waals surface area contributed by atoms with Crippen LogP contribution in [-0.4, -0.2) is 10.7 Å². The lowest BCUT2D eigenvalue weighted by Gasteiger charge is -2.12. The van der Waals surface area contributed by atoms with Gasteiger partial charge in [0, 0.05) is 6.07 Å². The number of ketones is 1. The Morgan fingerprint density at radius 2 is 1.86 bits per heavy atom. The molecule has 0 atom stereocenters. The Kier molecular flexibility index (Phi) is 3.50. The molecule has 2 aromatic rings. The van der Waals surface area contributed by atoms with E-state index in [9.17, 15) is 32.5 Å². The van der Waals surface area contributed by atoms with Crippen LogP contribution in [0, 0.1) is 21.7 Å². The lowest BCUT2D eigenvalue weighted by atomic mass is 10.0. The summed E-state index contributed by atoms with van der Waals surface area (Å²) in [5, 5.41) is 10.4. The number of nitrogens with zero attached hydrogens (tertiary/aromatic N) is 1. The molecule has 110 valence electrons. The number of hydrogen-bond donors (Lipinski definition) is 0. The van der Waals surface area contributed by atoms with E-state index in [1.807, 2.05) is 0 Å². The van der Waals surface area contributed by atoms with E-state index in [2.05, 4.69) is 4.42 Å². The Labute approximate surface area is 113 Å². The van der Waals surface area contributed by atoms with Gasteiger partial charge in [0.15, 0.2) is 5.76 Å². The van der Waals surface area contributed by atoms with Gasteiger partial charge in [-0.1, -0.05) is 0 Å². The fourth-order valence-corrected chi connectivity index (χ4v) is 1.55. The van der Waals surface area contributed by atoms with Crippen LogP contribution in [0.3, 0.4) is 0 Å². The summed E-state index contributed by atoms with van der Waals surface area (Å²) >= 11 is 0. The van der Waals surface area contributed by atoms with Crippen LogP contribution in [-0.2, 0) is 5.92 Å². The van der Waals surface area contributed by atoms with Crippen molar-refractivity contribution in [2.45, 2.75) is 5.92 Å². The average molecular weight is 303 g/mol. The minimum Gasteiger partial charge on any atom is -0.399 e. The van der Waals surface area contributed by atoms with E-state index >= 15 is 0 Å². The van der Waals surface area contributed by atoms with E-state index < -0.39 is 45.5 Å². The maximum Gasteiger partial charge on any atom is 0.433 e. The van der Waals surface area contributed by atoms with Crippen LogP contribution in [0.5, 0.6) is 0 Å². The number of nitro groups is 1. The molecule has 0 fully saturated rings. The third-order valence-electron chi connectivity index (χ3n) is 2.54. The van der Waals surface area contributed by atoms with Gasteiger partial charge >= 0.3 is 11.8 Å². The van der Waals surface area contributed by atoms with Gasteiger partial charge in [-0.15, -0.1) is 0 Å². The number of hydrogen-bond acceptors (Lipinski definition) is 4. The van der Waals surface area contributed by atoms with Crippen LogP contribution in [0.15, 0.2) is 34.7 Å². The molecule has 0 aliphatic carbocycles. The predicted molar refractivity (Wildman–Crippen MR) is 59.9 cm³/mol. The molecular weight excluding hydrogens is 298 g/mol. The number of rotatable bonds is 4. The first-order chi connectivity index (χ1) is 9.73. The maximum atomic E-state index is 13.9. The van der Waals surface area contributed by atoms with Crippen molar-refractivity contribution in [1.82, 2.24) is 0 Å². The minimum atomic E-state index is -4.33. The zero-order valence-electron chi connectivity index (χ0n) is 9.98. The Morgan fingerprint density at radius 1 is 1.19 bits per heavy atom. The van der Waals surface area contributed by atoms with E-state index in [0.717, 1.165) is 0 Å². The highest BCUT2D eigenvalue weighted by molar-refractivity contribution is 6.01. The predicted octanol–water partition coefficient (Wildman–Crippen LogP) is 3.44. The largest absolute Gasteiger partial charge is 0.433 e. The van der Waals surface area contributed by atoms with Gasteiger partial charge in [-0.05, 0) is 18.2 Å². The molecule has 21 heavy (non-hydrogen) atoms. The summed E-state index contributed by atoms with van der Waals surface area (Å²) in [7, 11) is 0. The van der Waals surface area contributed by atoms with Gasteiger partial charge in [0.25, 0.3) is 0 Å². The van der Waals surface area contributed by atoms with E-state index in [1.54, 1.807) is 0 Å². The normalized spacial score (nSPS) is 11.4. The quantitative estimate of drug-likeness (QED) is 0.375. The lowest BCUT2D eigenvalue weighted by molar-refractivity contribution is -0.402. The molecule has 1 aromatic heterocycles. The van der Waals surface area contributed by atoms with Gasteiger partial charge in [-0.25, -0.2) is 8.78 Å². The summed E-state index contributed by atoms with van der Waals surface area (Å²) in [6.45, 7) is 0. The van der Waals surface area contributed by atoms with E-state index in [4.69, 9.17) is 0 Å². The zero-order chi connectivity index (χ0) is 15.8. The smallest absolute Gasteiger partial charge is 0.399 e. The van der Waals surface area contributed by atoms with Crippen LogP contribution in [0.1, 0.15) is 16.1 Å². The van der Waals surface area contributed by atoms with Crippen LogP contribution >= 0.6 is 0 Å². The van der Waals surface area contributed by atoms with E-state index in [0.29, 0.717) is 24.3 Å². The molecule has 1 heterocycles. The van der Waals surface area contributed by atoms with Gasteiger partial charge in [0.1, 0.15) is 16.6 Å². The van der Waals surface area contributed by atoms with Crippen molar-refractivity contribution >= 4 is 11.7 Å². The molecule has 9 heteroatoms. The highest BCUT2D eigenvalue weighted by atomic mass is 19.3. The highest BCUT2D eigenvalue weighted by Gasteiger charge is 2.46. The standard InChI is InChI=1S/C12H5F4NO4/c13-6-1-2-7(8(14)5-6)11(18)12(15,16)9-3-4-10(21-9)17(19)20/h1-5H. The maximum absolute atomic E-state index is 13.9. The number of alkyl halides is 2. The summed E-state index contributed by atoms with van der Waals surface area (Å²) < 4.78 is 58.0. The zero-order valence-corrected chi connectivity index (χ0v) is 9.98. The molecule has 0 aliphatic heterocycles. The number of furan rings is 1. The molecule has 0 saturated carbocycles. The first-order valence-corrected chi connectivity index (χ1v) is 5.36. The number of carbonyl (C=O) groups excluding carboxylic acids is 1. The van der Waals surface area contributed by atoms with Gasteiger partial charge in [-0.3, -0.25) is 14.9 Å². The molecular formula is C12H5F4NO4. The second-order valence-electron chi connectivity index (χ2n) is 3.92. The number of halogens is 4. The Balaban J connectivity index is 2.41. The summed E-state index contributed by atoms with van der Waals surface area (Å²) in [5.41, 5.74) is -1.06. The van der Waals surface area contributed by atoms with Gasteiger partial charge in [0.05, 0.1) is 11.6 Å². The number of Topliss-reactive ketones (excluding diaryl/α,β-unsaturated/α-hetero) is 1. The van der Waals surface area contributed by atoms with Crippen molar-refractivity contribution in [1.29, 1.82) is 0 Å². The van der Waals surface area contributed by atoms with Crippen molar-refractivity contribution in [2.75, 3.05) is 0 Å². The SMILES string of the molecule is O=C(c1ccc(F)cc1F)C(F)(F)c1ccc([N+](=O)[O-])o1. The summed E-state index contributed by atoms with van der Waals surface area (Å²) in [5.74, 6) is -11.1. The van der Waals surface area contributed by atoms with Crippen LogP contribution in [0.4, 0.5) is 23.4 Å². The van der Waals surface area contributed by atoms with Crippen LogP contribution in [0.2, 0.25) is 0 Å². The Bertz CT molecular complexity index is 726. The van der Waals surface area contributed by atoms with Crippen LogP contribution < -0.4 is 0 Å². The third kappa shape index (κ3) is 2.62. The Morgan fingerprint density at radius 3 is 2.38 bits per heavy atom. The number of carbonyl (C=O) groups is 1. The fourth-order valence-electron chi connectivity index (χ4n) is 1.55. The summed E-state index contributed by atoms with van der Waals surface area (Å²) in [6.07, 6.45) is 0. The van der Waals surface area contributed by atoms with Crippen molar-refractivity contribution in [2.24, 2.45) is 0 Å². The molecule has 2 rings (SSSR count). The fraction of sp³-hybridized carbons (Fsp3) is 0.0833. The molecule has 0 spiro atoms. The number of benzene rings is 1. The minimum absolute atomic E-state index is 0.272. The first kappa shape index (κ1) is 14.7. The molecule has 0 radical (unpaired) electrons. The van der Waals surface area contributed by atoms with Crippen molar-refractivity contribution in [3.63, 3.8) is 0 Å². The van der Waals surface area contributed by atoms with Gasteiger partial charge < -0.3 is 4.42 Å². The molecule has 0 amide bonds. The summed E-state index contributed by atoms with van der Waals surface area (Å²) in [4.78, 5) is 20.9. The first-order valence-electron chi connectivity index (χ1n) is 5.36. The monoisotopic (exact) mass is 303 g/mol. The van der Waals surface area contributed by atoms with Crippen molar-refractivity contribution in [3.05, 3.63) is 63.4 Å². The highest BCUT2D eigenvalue weighted by Crippen LogP contribution is 2.35. The molecule has 0 unspecified atom stereocenters. The van der Waals surface area contributed by atoms with Gasteiger partial charge in [-0.2, -0.15) is 8.78 Å². The Hall–Kier alpha value is -2.71. The van der Waals surface area contributed by atoms with Gasteiger partial charge in [0.2, 0.25) is 5.78 Å². The average Bonchev–Trinajstić information content (AvgIpc) is 2.88. The van der Waals surface area contributed by atoms with E-state index in [-0.39, 0.29) is 6.07 Å². The molecule has 0 saturated heterocycles.